The van der Waals surface area contributed by atoms with E-state index < -0.39 is 0 Å². The van der Waals surface area contributed by atoms with E-state index in [4.69, 9.17) is 0 Å². The second-order valence-corrected chi connectivity index (χ2v) is 5.17. The van der Waals surface area contributed by atoms with E-state index in [1.165, 1.54) is 5.56 Å². The van der Waals surface area contributed by atoms with Crippen LogP contribution in [0.3, 0.4) is 0 Å². The third kappa shape index (κ3) is 4.05. The highest BCUT2D eigenvalue weighted by Gasteiger charge is 2.14. The molecule has 0 saturated heterocycles. The van der Waals surface area contributed by atoms with Crippen LogP contribution in [0.15, 0.2) is 48.7 Å². The fraction of sp³-hybridized carbons (Fsp3) is 0.294. The van der Waals surface area contributed by atoms with Crippen molar-refractivity contribution < 1.29 is 4.79 Å². The van der Waals surface area contributed by atoms with Crippen molar-refractivity contribution in [2.45, 2.75) is 32.9 Å². The van der Waals surface area contributed by atoms with Crippen molar-refractivity contribution in [3.63, 3.8) is 0 Å². The number of aryl methyl sites for hydroxylation is 1. The van der Waals surface area contributed by atoms with Crippen molar-refractivity contribution >= 4 is 6.03 Å². The number of amides is 2. The summed E-state index contributed by atoms with van der Waals surface area (Å²) in [7, 11) is 0. The molecule has 0 bridgehead atoms. The molecular weight excluding hydrogens is 262 g/mol. The Morgan fingerprint density at radius 3 is 2.33 bits per heavy atom. The zero-order chi connectivity index (χ0) is 15.2. The molecule has 2 N–H and O–H groups in total. The first-order valence-corrected chi connectivity index (χ1v) is 7.11. The van der Waals surface area contributed by atoms with Gasteiger partial charge >= 0.3 is 6.03 Å². The van der Waals surface area contributed by atoms with Gasteiger partial charge < -0.3 is 10.6 Å². The molecule has 4 nitrogen and oxygen atoms in total. The third-order valence-electron chi connectivity index (χ3n) is 3.48. The second-order valence-electron chi connectivity index (χ2n) is 5.17. The summed E-state index contributed by atoms with van der Waals surface area (Å²) in [6, 6.07) is 13.4. The van der Waals surface area contributed by atoms with E-state index in [9.17, 15) is 4.79 Å². The molecule has 0 saturated carbocycles. The van der Waals surface area contributed by atoms with Crippen LogP contribution in [0.4, 0.5) is 4.79 Å². The first-order chi connectivity index (χ1) is 10.1. The number of carbonyl (C=O) groups excluding carboxylic acids is 1. The predicted molar refractivity (Wildman–Crippen MR) is 83.9 cm³/mol. The van der Waals surface area contributed by atoms with Crippen LogP contribution in [0.1, 0.15) is 42.8 Å². The van der Waals surface area contributed by atoms with Gasteiger partial charge in [0.2, 0.25) is 0 Å². The standard InChI is InChI=1S/C17H21N3O/c1-12-8-4-5-9-15(12)13(2)19-17(21)20-14(3)16-10-6-7-11-18-16/h4-11,13-14H,1-3H3,(H2,19,20,21)/t13-,14-/m0/s1. The molecule has 2 amide bonds. The molecule has 4 heteroatoms. The molecule has 0 aliphatic heterocycles. The molecule has 0 radical (unpaired) electrons. The van der Waals surface area contributed by atoms with Crippen LogP contribution in [0.25, 0.3) is 0 Å². The maximum Gasteiger partial charge on any atom is 0.315 e. The minimum Gasteiger partial charge on any atom is -0.332 e. The van der Waals surface area contributed by atoms with Gasteiger partial charge in [-0.25, -0.2) is 4.79 Å². The van der Waals surface area contributed by atoms with Crippen molar-refractivity contribution in [3.05, 3.63) is 65.5 Å². The van der Waals surface area contributed by atoms with Gasteiger partial charge in [0, 0.05) is 6.20 Å². The average molecular weight is 283 g/mol. The van der Waals surface area contributed by atoms with Crippen LogP contribution in [0, 0.1) is 6.92 Å². The number of urea groups is 1. The number of pyridine rings is 1. The van der Waals surface area contributed by atoms with E-state index in [1.807, 2.05) is 63.2 Å². The Morgan fingerprint density at radius 2 is 1.67 bits per heavy atom. The Balaban J connectivity index is 1.94. The Bertz CT molecular complexity index is 598. The van der Waals surface area contributed by atoms with Crippen molar-refractivity contribution in [2.24, 2.45) is 0 Å². The molecule has 0 unspecified atom stereocenters. The lowest BCUT2D eigenvalue weighted by atomic mass is 10.0. The summed E-state index contributed by atoms with van der Waals surface area (Å²) in [4.78, 5) is 16.3. The fourth-order valence-electron chi connectivity index (χ4n) is 2.29. The normalized spacial score (nSPS) is 13.3. The minimum atomic E-state index is -0.191. The zero-order valence-corrected chi connectivity index (χ0v) is 12.6. The van der Waals surface area contributed by atoms with Crippen LogP contribution >= 0.6 is 0 Å². The molecule has 2 rings (SSSR count). The highest BCUT2D eigenvalue weighted by Crippen LogP contribution is 2.16. The number of hydrogen-bond donors (Lipinski definition) is 2. The molecule has 1 heterocycles. The molecule has 110 valence electrons. The van der Waals surface area contributed by atoms with E-state index in [0.717, 1.165) is 11.3 Å². The lowest BCUT2D eigenvalue weighted by Crippen LogP contribution is -2.38. The number of rotatable bonds is 4. The molecule has 1 aromatic heterocycles. The number of carbonyl (C=O) groups is 1. The number of nitrogens with zero attached hydrogens (tertiary/aromatic N) is 1. The molecule has 2 atom stereocenters. The first kappa shape index (κ1) is 15.0. The van der Waals surface area contributed by atoms with Gasteiger partial charge in [-0.1, -0.05) is 30.3 Å². The van der Waals surface area contributed by atoms with Crippen molar-refractivity contribution in [1.82, 2.24) is 15.6 Å². The van der Waals surface area contributed by atoms with Gasteiger partial charge in [0.15, 0.2) is 0 Å². The maximum absolute atomic E-state index is 12.1. The molecule has 0 aliphatic rings. The molecule has 2 aromatic rings. The molecule has 0 aliphatic carbocycles. The Hall–Kier alpha value is -2.36. The zero-order valence-electron chi connectivity index (χ0n) is 12.6. The Labute approximate surface area is 125 Å². The van der Waals surface area contributed by atoms with E-state index in [1.54, 1.807) is 6.20 Å². The lowest BCUT2D eigenvalue weighted by molar-refractivity contribution is 0.234. The van der Waals surface area contributed by atoms with Crippen molar-refractivity contribution in [1.29, 1.82) is 0 Å². The molecular formula is C17H21N3O. The SMILES string of the molecule is Cc1ccccc1[C@H](C)NC(=O)N[C@@H](C)c1ccccn1. The van der Waals surface area contributed by atoms with Gasteiger partial charge in [-0.3, -0.25) is 4.98 Å². The number of aromatic nitrogens is 1. The average Bonchev–Trinajstić information content (AvgIpc) is 2.48. The summed E-state index contributed by atoms with van der Waals surface area (Å²) in [5.74, 6) is 0. The van der Waals surface area contributed by atoms with Crippen LogP contribution in [0.5, 0.6) is 0 Å². The Morgan fingerprint density at radius 1 is 1.00 bits per heavy atom. The summed E-state index contributed by atoms with van der Waals surface area (Å²) in [5.41, 5.74) is 3.14. The van der Waals surface area contributed by atoms with Gasteiger partial charge in [0.05, 0.1) is 17.8 Å². The van der Waals surface area contributed by atoms with Crippen LogP contribution in [-0.4, -0.2) is 11.0 Å². The van der Waals surface area contributed by atoms with Crippen molar-refractivity contribution in [3.8, 4) is 0 Å². The molecule has 1 aromatic carbocycles. The van der Waals surface area contributed by atoms with Crippen LogP contribution in [0.2, 0.25) is 0 Å². The highest BCUT2D eigenvalue weighted by atomic mass is 16.2. The maximum atomic E-state index is 12.1. The third-order valence-corrected chi connectivity index (χ3v) is 3.48. The van der Waals surface area contributed by atoms with Crippen molar-refractivity contribution in [2.75, 3.05) is 0 Å². The number of hydrogen-bond acceptors (Lipinski definition) is 2. The minimum absolute atomic E-state index is 0.0397. The second kappa shape index (κ2) is 6.88. The largest absolute Gasteiger partial charge is 0.332 e. The summed E-state index contributed by atoms with van der Waals surface area (Å²) < 4.78 is 0. The van der Waals surface area contributed by atoms with E-state index >= 15 is 0 Å². The van der Waals surface area contributed by atoms with Gasteiger partial charge in [-0.05, 0) is 44.0 Å². The van der Waals surface area contributed by atoms with Crippen LogP contribution in [-0.2, 0) is 0 Å². The predicted octanol–water partition coefficient (Wildman–Crippen LogP) is 3.51. The highest BCUT2D eigenvalue weighted by molar-refractivity contribution is 5.74. The van der Waals surface area contributed by atoms with E-state index in [0.29, 0.717) is 0 Å². The quantitative estimate of drug-likeness (QED) is 0.902. The summed E-state index contributed by atoms with van der Waals surface area (Å²) in [6.07, 6.45) is 1.72. The molecule has 0 fully saturated rings. The molecule has 0 spiro atoms. The summed E-state index contributed by atoms with van der Waals surface area (Å²) in [5, 5.41) is 5.86. The van der Waals surface area contributed by atoms with Gasteiger partial charge in [0.1, 0.15) is 0 Å². The summed E-state index contributed by atoms with van der Waals surface area (Å²) in [6.45, 7) is 5.94. The van der Waals surface area contributed by atoms with Crippen LogP contribution < -0.4 is 10.6 Å². The van der Waals surface area contributed by atoms with E-state index in [2.05, 4.69) is 15.6 Å². The smallest absolute Gasteiger partial charge is 0.315 e. The van der Waals surface area contributed by atoms with E-state index in [-0.39, 0.29) is 18.1 Å². The number of benzene rings is 1. The fourth-order valence-corrected chi connectivity index (χ4v) is 2.29. The monoisotopic (exact) mass is 283 g/mol. The first-order valence-electron chi connectivity index (χ1n) is 7.11. The van der Waals surface area contributed by atoms with Gasteiger partial charge in [0.25, 0.3) is 0 Å². The topological polar surface area (TPSA) is 54.0 Å². The Kier molecular flexibility index (Phi) is 4.93. The lowest BCUT2D eigenvalue weighted by Gasteiger charge is -2.19. The van der Waals surface area contributed by atoms with Gasteiger partial charge in [-0.2, -0.15) is 0 Å². The molecule has 21 heavy (non-hydrogen) atoms. The summed E-state index contributed by atoms with van der Waals surface area (Å²) >= 11 is 0. The number of nitrogens with one attached hydrogen (secondary N) is 2. The van der Waals surface area contributed by atoms with Gasteiger partial charge in [-0.15, -0.1) is 0 Å².